The van der Waals surface area contributed by atoms with E-state index < -0.39 is 0 Å². The van der Waals surface area contributed by atoms with Crippen LogP contribution in [0.2, 0.25) is 5.02 Å². The van der Waals surface area contributed by atoms with Gasteiger partial charge in [0.1, 0.15) is 0 Å². The Morgan fingerprint density at radius 3 is 2.48 bits per heavy atom. The van der Waals surface area contributed by atoms with E-state index in [9.17, 15) is 9.59 Å². The molecule has 0 aromatic heterocycles. The molecule has 2 heterocycles. The molecule has 0 saturated carbocycles. The predicted molar refractivity (Wildman–Crippen MR) is 97.6 cm³/mol. The molecule has 0 atom stereocenters. The average Bonchev–Trinajstić information content (AvgIpc) is 2.95. The summed E-state index contributed by atoms with van der Waals surface area (Å²) in [7, 11) is 0. The summed E-state index contributed by atoms with van der Waals surface area (Å²) in [6.07, 6.45) is 1.38. The molecule has 2 aromatic rings. The Labute approximate surface area is 151 Å². The van der Waals surface area contributed by atoms with E-state index in [1.54, 1.807) is 4.90 Å². The number of carbonyl (C=O) groups is 2. The van der Waals surface area contributed by atoms with E-state index in [0.717, 1.165) is 23.1 Å². The second-order valence-corrected chi connectivity index (χ2v) is 7.46. The molecule has 0 bridgehead atoms. The maximum atomic E-state index is 12.6. The summed E-state index contributed by atoms with van der Waals surface area (Å²) < 4.78 is 0. The van der Waals surface area contributed by atoms with Gasteiger partial charge in [-0.15, -0.1) is 0 Å². The highest BCUT2D eigenvalue weighted by molar-refractivity contribution is 6.33. The maximum absolute atomic E-state index is 12.6. The second-order valence-electron chi connectivity index (χ2n) is 7.05. The highest BCUT2D eigenvalue weighted by Crippen LogP contribution is 2.32. The smallest absolute Gasteiger partial charge is 0.254 e. The second kappa shape index (κ2) is 5.88. The van der Waals surface area contributed by atoms with Gasteiger partial charge in [-0.3, -0.25) is 9.59 Å². The number of rotatable bonds is 2. The number of likely N-dealkylation sites (tertiary alicyclic amines) is 1. The molecule has 0 radical (unpaired) electrons. The minimum Gasteiger partial charge on any atom is -0.347 e. The first-order valence-corrected chi connectivity index (χ1v) is 8.80. The zero-order chi connectivity index (χ0) is 17.6. The van der Waals surface area contributed by atoms with Crippen molar-refractivity contribution in [3.05, 3.63) is 58.6 Å². The number of nitrogens with zero attached hydrogens (tertiary/aromatic N) is 1. The van der Waals surface area contributed by atoms with Gasteiger partial charge in [0.15, 0.2) is 0 Å². The summed E-state index contributed by atoms with van der Waals surface area (Å²) in [4.78, 5) is 25.8. The molecule has 2 fully saturated rings. The summed E-state index contributed by atoms with van der Waals surface area (Å²) in [6.45, 7) is 3.20. The van der Waals surface area contributed by atoms with Crippen LogP contribution in [0.3, 0.4) is 0 Å². The van der Waals surface area contributed by atoms with Crippen molar-refractivity contribution in [1.29, 1.82) is 0 Å². The molecule has 2 aliphatic rings. The van der Waals surface area contributed by atoms with Gasteiger partial charge in [0.05, 0.1) is 5.54 Å². The summed E-state index contributed by atoms with van der Waals surface area (Å²) in [6, 6.07) is 13.5. The Morgan fingerprint density at radius 2 is 1.88 bits per heavy atom. The first-order valence-electron chi connectivity index (χ1n) is 8.43. The van der Waals surface area contributed by atoms with Crippen LogP contribution in [0.1, 0.15) is 28.8 Å². The first-order chi connectivity index (χ1) is 12.0. The van der Waals surface area contributed by atoms with Crippen molar-refractivity contribution in [2.24, 2.45) is 0 Å². The minimum atomic E-state index is -0.178. The lowest BCUT2D eigenvalue weighted by molar-refractivity contribution is -0.120. The molecule has 0 unspecified atom stereocenters. The van der Waals surface area contributed by atoms with Crippen molar-refractivity contribution in [1.82, 2.24) is 10.2 Å². The highest BCUT2D eigenvalue weighted by Gasteiger charge is 2.49. The van der Waals surface area contributed by atoms with Crippen LogP contribution in [0.4, 0.5) is 0 Å². The SMILES string of the molecule is Cc1ccc(-c2ccc(C(=O)N3CC4(CCC(=O)N4)C3)cc2)c(Cl)c1. The zero-order valence-electron chi connectivity index (χ0n) is 14.0. The summed E-state index contributed by atoms with van der Waals surface area (Å²) in [5.41, 5.74) is 3.55. The van der Waals surface area contributed by atoms with Crippen molar-refractivity contribution in [2.75, 3.05) is 13.1 Å². The van der Waals surface area contributed by atoms with Gasteiger partial charge in [-0.1, -0.05) is 35.9 Å². The molecule has 2 amide bonds. The van der Waals surface area contributed by atoms with Gasteiger partial charge >= 0.3 is 0 Å². The van der Waals surface area contributed by atoms with Gasteiger partial charge in [0.25, 0.3) is 5.91 Å². The van der Waals surface area contributed by atoms with Crippen LogP contribution in [0.25, 0.3) is 11.1 Å². The number of hydrogen-bond donors (Lipinski definition) is 1. The molecular formula is C20H19ClN2O2. The van der Waals surface area contributed by atoms with E-state index in [-0.39, 0.29) is 17.4 Å². The van der Waals surface area contributed by atoms with Crippen LogP contribution in [0.15, 0.2) is 42.5 Å². The third kappa shape index (κ3) is 2.91. The molecule has 4 nitrogen and oxygen atoms in total. The Hall–Kier alpha value is -2.33. The van der Waals surface area contributed by atoms with E-state index in [1.807, 2.05) is 49.4 Å². The van der Waals surface area contributed by atoms with Crippen molar-refractivity contribution < 1.29 is 9.59 Å². The molecule has 1 N–H and O–H groups in total. The molecule has 128 valence electrons. The summed E-state index contributed by atoms with van der Waals surface area (Å²) in [5.74, 6) is 0.0970. The topological polar surface area (TPSA) is 49.4 Å². The number of halogens is 1. The van der Waals surface area contributed by atoms with E-state index in [0.29, 0.717) is 30.1 Å². The number of hydrogen-bond acceptors (Lipinski definition) is 2. The fourth-order valence-corrected chi connectivity index (χ4v) is 4.01. The lowest BCUT2D eigenvalue weighted by Gasteiger charge is -2.47. The predicted octanol–water partition coefficient (Wildman–Crippen LogP) is 3.42. The van der Waals surface area contributed by atoms with Crippen LogP contribution < -0.4 is 5.32 Å². The molecule has 4 rings (SSSR count). The Morgan fingerprint density at radius 1 is 1.16 bits per heavy atom. The number of nitrogens with one attached hydrogen (secondary N) is 1. The Kier molecular flexibility index (Phi) is 3.80. The van der Waals surface area contributed by atoms with Crippen LogP contribution in [0, 0.1) is 6.92 Å². The molecular weight excluding hydrogens is 336 g/mol. The largest absolute Gasteiger partial charge is 0.347 e. The van der Waals surface area contributed by atoms with Crippen LogP contribution in [-0.2, 0) is 4.79 Å². The fourth-order valence-electron chi connectivity index (χ4n) is 3.67. The van der Waals surface area contributed by atoms with Gasteiger partial charge in [0.2, 0.25) is 5.91 Å². The standard InChI is InChI=1S/C20H19ClN2O2/c1-13-2-7-16(17(21)10-13)14-3-5-15(6-4-14)19(25)23-11-20(12-23)9-8-18(24)22-20/h2-7,10H,8-9,11-12H2,1H3,(H,22,24). The molecule has 1 spiro atoms. The lowest BCUT2D eigenvalue weighted by atomic mass is 9.87. The van der Waals surface area contributed by atoms with Crippen molar-refractivity contribution in [3.8, 4) is 11.1 Å². The molecule has 0 aliphatic carbocycles. The third-order valence-corrected chi connectivity index (χ3v) is 5.39. The van der Waals surface area contributed by atoms with Crippen LogP contribution in [-0.4, -0.2) is 35.3 Å². The quantitative estimate of drug-likeness (QED) is 0.898. The molecule has 5 heteroatoms. The fraction of sp³-hybridized carbons (Fsp3) is 0.300. The normalized spacial score (nSPS) is 18.2. The van der Waals surface area contributed by atoms with E-state index in [4.69, 9.17) is 11.6 Å². The van der Waals surface area contributed by atoms with Gasteiger partial charge < -0.3 is 10.2 Å². The van der Waals surface area contributed by atoms with Gasteiger partial charge in [-0.05, 0) is 42.7 Å². The molecule has 2 aromatic carbocycles. The van der Waals surface area contributed by atoms with Crippen molar-refractivity contribution in [3.63, 3.8) is 0 Å². The highest BCUT2D eigenvalue weighted by atomic mass is 35.5. The minimum absolute atomic E-state index is 0.00771. The lowest BCUT2D eigenvalue weighted by Crippen LogP contribution is -2.68. The van der Waals surface area contributed by atoms with Crippen LogP contribution >= 0.6 is 11.6 Å². The van der Waals surface area contributed by atoms with Crippen LogP contribution in [0.5, 0.6) is 0 Å². The summed E-state index contributed by atoms with van der Waals surface area (Å²) in [5, 5.41) is 3.71. The Balaban J connectivity index is 1.47. The third-order valence-electron chi connectivity index (χ3n) is 5.08. The van der Waals surface area contributed by atoms with Crippen molar-refractivity contribution in [2.45, 2.75) is 25.3 Å². The molecule has 2 saturated heterocycles. The summed E-state index contributed by atoms with van der Waals surface area (Å²) >= 11 is 6.32. The van der Waals surface area contributed by atoms with Gasteiger partial charge in [-0.25, -0.2) is 0 Å². The van der Waals surface area contributed by atoms with Crippen molar-refractivity contribution >= 4 is 23.4 Å². The van der Waals surface area contributed by atoms with Gasteiger partial charge in [0, 0.05) is 35.7 Å². The number of amides is 2. The molecule has 25 heavy (non-hydrogen) atoms. The number of carbonyl (C=O) groups excluding carboxylic acids is 2. The first kappa shape index (κ1) is 16.2. The number of aryl methyl sites for hydroxylation is 1. The Bertz CT molecular complexity index is 854. The van der Waals surface area contributed by atoms with E-state index in [1.165, 1.54) is 0 Å². The average molecular weight is 355 g/mol. The molecule has 2 aliphatic heterocycles. The zero-order valence-corrected chi connectivity index (χ0v) is 14.8. The van der Waals surface area contributed by atoms with E-state index in [2.05, 4.69) is 5.32 Å². The monoisotopic (exact) mass is 354 g/mol. The number of benzene rings is 2. The maximum Gasteiger partial charge on any atom is 0.254 e. The van der Waals surface area contributed by atoms with Gasteiger partial charge in [-0.2, -0.15) is 0 Å². The van der Waals surface area contributed by atoms with E-state index >= 15 is 0 Å².